The van der Waals surface area contributed by atoms with E-state index in [4.69, 9.17) is 9.72 Å². The second-order valence-corrected chi connectivity index (χ2v) is 7.38. The van der Waals surface area contributed by atoms with E-state index in [0.717, 1.165) is 27.7 Å². The molecule has 0 aliphatic carbocycles. The van der Waals surface area contributed by atoms with Gasteiger partial charge in [-0.05, 0) is 36.8 Å². The van der Waals surface area contributed by atoms with Crippen LogP contribution in [0.25, 0.3) is 28.0 Å². The number of hydrogen-bond donors (Lipinski definition) is 1. The zero-order valence-electron chi connectivity index (χ0n) is 18.0. The molecule has 0 aliphatic heterocycles. The Labute approximate surface area is 190 Å². The molecule has 3 heterocycles. The average Bonchev–Trinajstić information content (AvgIpc) is 3.27. The molecule has 0 bridgehead atoms. The minimum absolute atomic E-state index is 0.364. The number of ether oxygens (including phenoxy) is 1. The first-order chi connectivity index (χ1) is 16.2. The van der Waals surface area contributed by atoms with Gasteiger partial charge in [-0.3, -0.25) is 0 Å². The maximum Gasteiger partial charge on any atom is 0.156 e. The second kappa shape index (κ2) is 8.40. The molecule has 0 radical (unpaired) electrons. The van der Waals surface area contributed by atoms with Gasteiger partial charge in [0.15, 0.2) is 17.5 Å². The molecule has 0 spiro atoms. The predicted molar refractivity (Wildman–Crippen MR) is 126 cm³/mol. The van der Waals surface area contributed by atoms with E-state index in [9.17, 15) is 5.26 Å². The Morgan fingerprint density at radius 3 is 2.58 bits per heavy atom. The highest BCUT2D eigenvalue weighted by Gasteiger charge is 2.17. The van der Waals surface area contributed by atoms with Crippen LogP contribution in [-0.4, -0.2) is 32.1 Å². The van der Waals surface area contributed by atoms with Crippen LogP contribution in [0.2, 0.25) is 0 Å². The van der Waals surface area contributed by atoms with E-state index in [1.54, 1.807) is 11.8 Å². The van der Waals surface area contributed by atoms with Crippen molar-refractivity contribution in [3.8, 4) is 28.9 Å². The number of nitriles is 1. The largest absolute Gasteiger partial charge is 0.494 e. The predicted octanol–water partition coefficient (Wildman–Crippen LogP) is 4.81. The Kier molecular flexibility index (Phi) is 5.13. The first-order valence-electron chi connectivity index (χ1n) is 10.3. The summed E-state index contributed by atoms with van der Waals surface area (Å²) in [5.41, 5.74) is 3.84. The number of pyridine rings is 1. The Morgan fingerprint density at radius 2 is 1.85 bits per heavy atom. The van der Waals surface area contributed by atoms with Gasteiger partial charge in [-0.25, -0.2) is 4.98 Å². The zero-order valence-corrected chi connectivity index (χ0v) is 18.0. The van der Waals surface area contributed by atoms with Crippen LogP contribution in [0.3, 0.4) is 0 Å². The minimum Gasteiger partial charge on any atom is -0.494 e. The second-order valence-electron chi connectivity index (χ2n) is 7.38. The molecule has 33 heavy (non-hydrogen) atoms. The highest BCUT2D eigenvalue weighted by molar-refractivity contribution is 5.88. The first-order valence-corrected chi connectivity index (χ1v) is 10.3. The topological polar surface area (TPSA) is 102 Å². The lowest BCUT2D eigenvalue weighted by atomic mass is 10.1. The third kappa shape index (κ3) is 3.72. The molecule has 1 N–H and O–H groups in total. The van der Waals surface area contributed by atoms with Gasteiger partial charge in [-0.2, -0.15) is 15.0 Å². The molecule has 0 saturated carbocycles. The van der Waals surface area contributed by atoms with Crippen molar-refractivity contribution in [1.82, 2.24) is 25.0 Å². The molecule has 2 aromatic carbocycles. The monoisotopic (exact) mass is 433 g/mol. The van der Waals surface area contributed by atoms with Crippen molar-refractivity contribution >= 4 is 22.5 Å². The molecule has 8 heteroatoms. The van der Waals surface area contributed by atoms with Gasteiger partial charge in [0.2, 0.25) is 0 Å². The fraction of sp³-hybridized carbons (Fsp3) is 0.0800. The van der Waals surface area contributed by atoms with Crippen molar-refractivity contribution in [1.29, 1.82) is 5.26 Å². The van der Waals surface area contributed by atoms with Gasteiger partial charge in [-0.15, -0.1) is 10.2 Å². The van der Waals surface area contributed by atoms with Crippen LogP contribution in [0, 0.1) is 18.3 Å². The fourth-order valence-electron chi connectivity index (χ4n) is 3.65. The van der Waals surface area contributed by atoms with E-state index in [0.29, 0.717) is 28.8 Å². The number of hydrogen-bond acceptors (Lipinski definition) is 7. The van der Waals surface area contributed by atoms with E-state index in [1.165, 1.54) is 6.20 Å². The van der Waals surface area contributed by atoms with E-state index in [2.05, 4.69) is 26.7 Å². The number of para-hydroxylation sites is 1. The summed E-state index contributed by atoms with van der Waals surface area (Å²) in [6, 6.07) is 23.4. The third-order valence-electron chi connectivity index (χ3n) is 5.30. The molecule has 0 unspecified atom stereocenters. The molecular weight excluding hydrogens is 414 g/mol. The number of methoxy groups -OCH3 is 1. The number of nitrogens with one attached hydrogen (secondary N) is 1. The SMILES string of the molecule is COc1cccc2c(C)cc(-n3ncc(C#N)c3Nc3ccc(-c4ccccc4)nn3)nc12. The Bertz CT molecular complexity index is 1490. The molecule has 8 nitrogen and oxygen atoms in total. The number of fused-ring (bicyclic) bond motifs is 1. The summed E-state index contributed by atoms with van der Waals surface area (Å²) in [7, 11) is 1.62. The van der Waals surface area contributed by atoms with Crippen molar-refractivity contribution in [3.63, 3.8) is 0 Å². The zero-order chi connectivity index (χ0) is 22.8. The molecule has 0 fully saturated rings. The van der Waals surface area contributed by atoms with E-state index >= 15 is 0 Å². The van der Waals surface area contributed by atoms with Crippen LogP contribution in [0.4, 0.5) is 11.6 Å². The van der Waals surface area contributed by atoms with Gasteiger partial charge in [0.25, 0.3) is 0 Å². The van der Waals surface area contributed by atoms with Crippen molar-refractivity contribution in [3.05, 3.63) is 84.1 Å². The molecule has 0 aliphatic rings. The van der Waals surface area contributed by atoms with E-state index in [1.807, 2.05) is 73.7 Å². The van der Waals surface area contributed by atoms with Crippen LogP contribution in [0.15, 0.2) is 72.9 Å². The molecule has 0 amide bonds. The van der Waals surface area contributed by atoms with Crippen molar-refractivity contribution in [2.45, 2.75) is 6.92 Å². The fourth-order valence-corrected chi connectivity index (χ4v) is 3.65. The molecular formula is C25H19N7O. The maximum absolute atomic E-state index is 9.64. The number of benzene rings is 2. The maximum atomic E-state index is 9.64. The lowest BCUT2D eigenvalue weighted by Crippen LogP contribution is -2.07. The van der Waals surface area contributed by atoms with Crippen LogP contribution in [0.1, 0.15) is 11.1 Å². The highest BCUT2D eigenvalue weighted by Crippen LogP contribution is 2.29. The summed E-state index contributed by atoms with van der Waals surface area (Å²) in [6.07, 6.45) is 1.50. The van der Waals surface area contributed by atoms with Crippen LogP contribution in [-0.2, 0) is 0 Å². The first kappa shape index (κ1) is 20.2. The van der Waals surface area contributed by atoms with Crippen LogP contribution in [0.5, 0.6) is 5.75 Å². The van der Waals surface area contributed by atoms with Crippen LogP contribution < -0.4 is 10.1 Å². The summed E-state index contributed by atoms with van der Waals surface area (Å²) in [4.78, 5) is 4.77. The summed E-state index contributed by atoms with van der Waals surface area (Å²) in [5.74, 6) is 2.17. The molecule has 5 aromatic rings. The minimum atomic E-state index is 0.364. The lowest BCUT2D eigenvalue weighted by Gasteiger charge is -2.12. The van der Waals surface area contributed by atoms with Crippen molar-refractivity contribution in [2.24, 2.45) is 0 Å². The Morgan fingerprint density at radius 1 is 1.00 bits per heavy atom. The van der Waals surface area contributed by atoms with Crippen molar-refractivity contribution in [2.75, 3.05) is 12.4 Å². The quantitative estimate of drug-likeness (QED) is 0.424. The Balaban J connectivity index is 1.55. The Hall–Kier alpha value is -4.77. The summed E-state index contributed by atoms with van der Waals surface area (Å²) in [6.45, 7) is 2.00. The summed E-state index contributed by atoms with van der Waals surface area (Å²) >= 11 is 0. The smallest absolute Gasteiger partial charge is 0.156 e. The molecule has 0 atom stereocenters. The van der Waals surface area contributed by atoms with Gasteiger partial charge in [0, 0.05) is 10.9 Å². The van der Waals surface area contributed by atoms with Crippen molar-refractivity contribution < 1.29 is 4.74 Å². The van der Waals surface area contributed by atoms with Gasteiger partial charge in [0.05, 0.1) is 19.0 Å². The lowest BCUT2D eigenvalue weighted by molar-refractivity contribution is 0.419. The number of aryl methyl sites for hydroxylation is 1. The molecule has 0 saturated heterocycles. The van der Waals surface area contributed by atoms with E-state index < -0.39 is 0 Å². The third-order valence-corrected chi connectivity index (χ3v) is 5.30. The highest BCUT2D eigenvalue weighted by atomic mass is 16.5. The van der Waals surface area contributed by atoms with Gasteiger partial charge >= 0.3 is 0 Å². The molecule has 3 aromatic heterocycles. The standard InChI is InChI=1S/C25H19N7O/c1-16-13-23(29-24-19(16)9-6-10-21(24)33-2)32-25(18(14-26)15-27-32)28-22-12-11-20(30-31-22)17-7-4-3-5-8-17/h3-13,15H,1-2H3,(H,28,31). The van der Waals surface area contributed by atoms with E-state index in [-0.39, 0.29) is 0 Å². The molecule has 5 rings (SSSR count). The van der Waals surface area contributed by atoms with Gasteiger partial charge in [-0.1, -0.05) is 42.5 Å². The molecule has 160 valence electrons. The number of nitrogens with zero attached hydrogens (tertiary/aromatic N) is 6. The number of anilines is 2. The number of aromatic nitrogens is 5. The number of rotatable bonds is 5. The van der Waals surface area contributed by atoms with Crippen LogP contribution >= 0.6 is 0 Å². The summed E-state index contributed by atoms with van der Waals surface area (Å²) in [5, 5.41) is 26.8. The average molecular weight is 433 g/mol. The normalized spacial score (nSPS) is 10.7. The van der Waals surface area contributed by atoms with Gasteiger partial charge in [0.1, 0.15) is 22.9 Å². The van der Waals surface area contributed by atoms with Gasteiger partial charge < -0.3 is 10.1 Å². The summed E-state index contributed by atoms with van der Waals surface area (Å²) < 4.78 is 7.08.